The number of hydrogen-bond acceptors (Lipinski definition) is 2. The summed E-state index contributed by atoms with van der Waals surface area (Å²) in [5, 5.41) is 12.2. The second kappa shape index (κ2) is 6.71. The van der Waals surface area contributed by atoms with Gasteiger partial charge in [-0.15, -0.1) is 0 Å². The van der Waals surface area contributed by atoms with E-state index >= 15 is 0 Å². The van der Waals surface area contributed by atoms with Gasteiger partial charge in [0.2, 0.25) is 5.91 Å². The summed E-state index contributed by atoms with van der Waals surface area (Å²) in [5.41, 5.74) is 1.67. The fourth-order valence-corrected chi connectivity index (χ4v) is 2.28. The zero-order valence-corrected chi connectivity index (χ0v) is 12.8. The summed E-state index contributed by atoms with van der Waals surface area (Å²) in [6.45, 7) is 3.88. The molecule has 0 aliphatic rings. The number of halogens is 1. The highest BCUT2D eigenvalue weighted by molar-refractivity contribution is 5.87. The van der Waals surface area contributed by atoms with Gasteiger partial charge in [-0.2, -0.15) is 0 Å². The number of nitrogens with one attached hydrogen (secondary N) is 1. The van der Waals surface area contributed by atoms with Gasteiger partial charge in [-0.05, 0) is 42.7 Å². The predicted octanol–water partition coefficient (Wildman–Crippen LogP) is 2.91. The Morgan fingerprint density at radius 2 is 1.68 bits per heavy atom. The van der Waals surface area contributed by atoms with Gasteiger partial charge in [-0.25, -0.2) is 4.39 Å². The van der Waals surface area contributed by atoms with Crippen LogP contribution in [0.3, 0.4) is 0 Å². The van der Waals surface area contributed by atoms with Crippen LogP contribution in [0, 0.1) is 5.82 Å². The first-order chi connectivity index (χ1) is 10.4. The Labute approximate surface area is 129 Å². The minimum absolute atomic E-state index is 0.0621. The first kappa shape index (κ1) is 16.2. The quantitative estimate of drug-likeness (QED) is 0.892. The molecule has 0 radical (unpaired) electrons. The average Bonchev–Trinajstić information content (AvgIpc) is 2.53. The van der Waals surface area contributed by atoms with Crippen molar-refractivity contribution in [1.82, 2.24) is 5.32 Å². The molecule has 0 saturated carbocycles. The number of benzene rings is 2. The van der Waals surface area contributed by atoms with Gasteiger partial charge in [0.25, 0.3) is 0 Å². The fourth-order valence-electron chi connectivity index (χ4n) is 2.28. The molecular formula is C18H20FNO2. The lowest BCUT2D eigenvalue weighted by Crippen LogP contribution is -2.39. The van der Waals surface area contributed by atoms with Gasteiger partial charge in [0.05, 0.1) is 12.0 Å². The van der Waals surface area contributed by atoms with Crippen molar-refractivity contribution in [3.05, 3.63) is 71.0 Å². The van der Waals surface area contributed by atoms with Crippen molar-refractivity contribution in [3.8, 4) is 0 Å². The van der Waals surface area contributed by atoms with Crippen molar-refractivity contribution in [1.29, 1.82) is 0 Å². The second-order valence-corrected chi connectivity index (χ2v) is 5.74. The van der Waals surface area contributed by atoms with Crippen LogP contribution < -0.4 is 5.32 Å². The summed E-state index contributed by atoms with van der Waals surface area (Å²) in [4.78, 5) is 12.5. The molecule has 2 rings (SSSR count). The van der Waals surface area contributed by atoms with Gasteiger partial charge in [0.1, 0.15) is 5.82 Å². The molecule has 22 heavy (non-hydrogen) atoms. The molecule has 0 atom stereocenters. The molecule has 0 bridgehead atoms. The Morgan fingerprint density at radius 3 is 2.27 bits per heavy atom. The van der Waals surface area contributed by atoms with Crippen LogP contribution in [0.4, 0.5) is 4.39 Å². The smallest absolute Gasteiger partial charge is 0.230 e. The van der Waals surface area contributed by atoms with Crippen LogP contribution in [0.2, 0.25) is 0 Å². The highest BCUT2D eigenvalue weighted by Gasteiger charge is 2.29. The van der Waals surface area contributed by atoms with Crippen molar-refractivity contribution in [2.45, 2.75) is 32.4 Å². The summed E-state index contributed by atoms with van der Waals surface area (Å²) in [5.74, 6) is -0.469. The van der Waals surface area contributed by atoms with E-state index in [0.29, 0.717) is 6.54 Å². The van der Waals surface area contributed by atoms with Crippen LogP contribution in [0.15, 0.2) is 48.5 Å². The number of aliphatic hydroxyl groups is 1. The Kier molecular flexibility index (Phi) is 4.93. The maximum Gasteiger partial charge on any atom is 0.230 e. The van der Waals surface area contributed by atoms with E-state index in [-0.39, 0.29) is 18.3 Å². The minimum Gasteiger partial charge on any atom is -0.392 e. The SMILES string of the molecule is CC(C)(C(=O)NCc1ccccc1CO)c1ccc(F)cc1. The lowest BCUT2D eigenvalue weighted by atomic mass is 9.83. The van der Waals surface area contributed by atoms with Crippen molar-refractivity contribution < 1.29 is 14.3 Å². The third-order valence-corrected chi connectivity index (χ3v) is 3.86. The Bertz CT molecular complexity index is 650. The van der Waals surface area contributed by atoms with Gasteiger partial charge < -0.3 is 10.4 Å². The first-order valence-electron chi connectivity index (χ1n) is 7.17. The Balaban J connectivity index is 2.09. The Morgan fingerprint density at radius 1 is 1.09 bits per heavy atom. The Hall–Kier alpha value is -2.20. The molecule has 0 fully saturated rings. The van der Waals surface area contributed by atoms with Crippen molar-refractivity contribution >= 4 is 5.91 Å². The molecule has 2 aromatic rings. The molecule has 3 nitrogen and oxygen atoms in total. The second-order valence-electron chi connectivity index (χ2n) is 5.74. The van der Waals surface area contributed by atoms with Crippen LogP contribution in [-0.4, -0.2) is 11.0 Å². The van der Waals surface area contributed by atoms with Crippen LogP contribution in [0.25, 0.3) is 0 Å². The van der Waals surface area contributed by atoms with Crippen molar-refractivity contribution in [2.24, 2.45) is 0 Å². The molecule has 116 valence electrons. The normalized spacial score (nSPS) is 11.3. The maximum absolute atomic E-state index is 13.0. The van der Waals surface area contributed by atoms with E-state index < -0.39 is 5.41 Å². The van der Waals surface area contributed by atoms with E-state index in [1.807, 2.05) is 24.3 Å². The third kappa shape index (κ3) is 3.52. The maximum atomic E-state index is 13.0. The highest BCUT2D eigenvalue weighted by Crippen LogP contribution is 2.24. The number of carbonyl (C=O) groups excluding carboxylic acids is 1. The highest BCUT2D eigenvalue weighted by atomic mass is 19.1. The van der Waals surface area contributed by atoms with Crippen LogP contribution >= 0.6 is 0 Å². The lowest BCUT2D eigenvalue weighted by Gasteiger charge is -2.24. The number of amides is 1. The van der Waals surface area contributed by atoms with E-state index in [2.05, 4.69) is 5.32 Å². The van der Waals surface area contributed by atoms with E-state index in [1.165, 1.54) is 12.1 Å². The van der Waals surface area contributed by atoms with Gasteiger partial charge >= 0.3 is 0 Å². The monoisotopic (exact) mass is 301 g/mol. The fraction of sp³-hybridized carbons (Fsp3) is 0.278. The zero-order valence-electron chi connectivity index (χ0n) is 12.8. The summed E-state index contributed by atoms with van der Waals surface area (Å²) in [7, 11) is 0. The van der Waals surface area contributed by atoms with Gasteiger partial charge in [-0.3, -0.25) is 4.79 Å². The average molecular weight is 301 g/mol. The van der Waals surface area contributed by atoms with E-state index in [1.54, 1.807) is 26.0 Å². The topological polar surface area (TPSA) is 49.3 Å². The molecule has 0 aliphatic carbocycles. The molecule has 0 unspecified atom stereocenters. The molecular weight excluding hydrogens is 281 g/mol. The van der Waals surface area contributed by atoms with E-state index in [0.717, 1.165) is 16.7 Å². The van der Waals surface area contributed by atoms with E-state index in [9.17, 15) is 14.3 Å². The molecule has 2 N–H and O–H groups in total. The molecule has 2 aromatic carbocycles. The number of rotatable bonds is 5. The summed E-state index contributed by atoms with van der Waals surface area (Å²) in [6.07, 6.45) is 0. The minimum atomic E-state index is -0.762. The molecule has 0 spiro atoms. The van der Waals surface area contributed by atoms with Crippen LogP contribution in [0.1, 0.15) is 30.5 Å². The van der Waals surface area contributed by atoms with Crippen molar-refractivity contribution in [2.75, 3.05) is 0 Å². The van der Waals surface area contributed by atoms with Gasteiger partial charge in [0.15, 0.2) is 0 Å². The summed E-state index contributed by atoms with van der Waals surface area (Å²) >= 11 is 0. The van der Waals surface area contributed by atoms with Gasteiger partial charge in [0, 0.05) is 6.54 Å². The standard InChI is InChI=1S/C18H20FNO2/c1-18(2,15-7-9-16(19)10-8-15)17(22)20-11-13-5-3-4-6-14(13)12-21/h3-10,21H,11-12H2,1-2H3,(H,20,22). The molecule has 1 amide bonds. The molecule has 0 heterocycles. The summed E-state index contributed by atoms with van der Waals surface area (Å²) < 4.78 is 13.0. The van der Waals surface area contributed by atoms with Crippen LogP contribution in [0.5, 0.6) is 0 Å². The molecule has 0 aliphatic heterocycles. The van der Waals surface area contributed by atoms with Crippen molar-refractivity contribution in [3.63, 3.8) is 0 Å². The predicted molar refractivity (Wildman–Crippen MR) is 83.6 cm³/mol. The molecule has 4 heteroatoms. The number of hydrogen-bond donors (Lipinski definition) is 2. The third-order valence-electron chi connectivity index (χ3n) is 3.86. The number of aliphatic hydroxyl groups excluding tert-OH is 1. The lowest BCUT2D eigenvalue weighted by molar-refractivity contribution is -0.125. The number of carbonyl (C=O) groups is 1. The first-order valence-corrected chi connectivity index (χ1v) is 7.17. The van der Waals surface area contributed by atoms with E-state index in [4.69, 9.17) is 0 Å². The van der Waals surface area contributed by atoms with Gasteiger partial charge in [-0.1, -0.05) is 36.4 Å². The zero-order chi connectivity index (χ0) is 16.2. The molecule has 0 saturated heterocycles. The van der Waals surface area contributed by atoms with Crippen LogP contribution in [-0.2, 0) is 23.4 Å². The summed E-state index contributed by atoms with van der Waals surface area (Å²) in [6, 6.07) is 13.4. The largest absolute Gasteiger partial charge is 0.392 e. The molecule has 0 aromatic heterocycles.